The molecule has 3 rings (SSSR count). The third-order valence-corrected chi connectivity index (χ3v) is 3.53. The number of ether oxygens (including phenoxy) is 1. The van der Waals surface area contributed by atoms with E-state index in [1.807, 2.05) is 32.2 Å². The summed E-state index contributed by atoms with van der Waals surface area (Å²) < 4.78 is 5.88. The molecule has 0 aromatic carbocycles. The van der Waals surface area contributed by atoms with Crippen molar-refractivity contribution in [3.63, 3.8) is 0 Å². The fourth-order valence-corrected chi connectivity index (χ4v) is 2.50. The van der Waals surface area contributed by atoms with Gasteiger partial charge in [0.25, 0.3) is 0 Å². The van der Waals surface area contributed by atoms with Gasteiger partial charge in [0.05, 0.1) is 13.2 Å². The average molecular weight is 285 g/mol. The van der Waals surface area contributed by atoms with Crippen molar-refractivity contribution in [2.24, 2.45) is 0 Å². The van der Waals surface area contributed by atoms with Gasteiger partial charge in [-0.2, -0.15) is 0 Å². The highest BCUT2D eigenvalue weighted by Crippen LogP contribution is 2.27. The molecule has 0 aliphatic carbocycles. The second-order valence-corrected chi connectivity index (χ2v) is 4.98. The molecule has 0 amide bonds. The first-order valence-corrected chi connectivity index (χ1v) is 7.07. The van der Waals surface area contributed by atoms with Gasteiger partial charge in [-0.15, -0.1) is 0 Å². The van der Waals surface area contributed by atoms with Crippen LogP contribution in [0.15, 0.2) is 30.6 Å². The fourth-order valence-electron chi connectivity index (χ4n) is 2.50. The largest absolute Gasteiger partial charge is 0.372 e. The molecule has 2 aromatic rings. The molecule has 3 heterocycles. The second-order valence-electron chi connectivity index (χ2n) is 4.98. The minimum Gasteiger partial charge on any atom is -0.372 e. The normalized spacial score (nSPS) is 18.6. The standard InChI is InChI=1S/C15H19N5O/c1-11-4-3-5-13(19-11)20-8-9-21-12(10-20)14-15(16-2)18-7-6-17-14/h3-7,12H,8-10H2,1-2H3,(H,16,18). The summed E-state index contributed by atoms with van der Waals surface area (Å²) >= 11 is 0. The van der Waals surface area contributed by atoms with E-state index >= 15 is 0 Å². The molecule has 1 unspecified atom stereocenters. The fraction of sp³-hybridized carbons (Fsp3) is 0.400. The van der Waals surface area contributed by atoms with Gasteiger partial charge in [-0.05, 0) is 19.1 Å². The Morgan fingerprint density at radius 2 is 2.14 bits per heavy atom. The predicted molar refractivity (Wildman–Crippen MR) is 81.5 cm³/mol. The van der Waals surface area contributed by atoms with Gasteiger partial charge in [0, 0.05) is 31.7 Å². The molecule has 6 heteroatoms. The summed E-state index contributed by atoms with van der Waals surface area (Å²) in [6.45, 7) is 4.22. The zero-order chi connectivity index (χ0) is 14.7. The Labute approximate surface area is 124 Å². The van der Waals surface area contributed by atoms with Crippen LogP contribution < -0.4 is 10.2 Å². The Morgan fingerprint density at radius 3 is 2.95 bits per heavy atom. The molecule has 1 N–H and O–H groups in total. The monoisotopic (exact) mass is 285 g/mol. The van der Waals surface area contributed by atoms with Crippen LogP contribution in [0.3, 0.4) is 0 Å². The predicted octanol–water partition coefficient (Wildman–Crippen LogP) is 1.80. The molecule has 0 bridgehead atoms. The van der Waals surface area contributed by atoms with Crippen molar-refractivity contribution < 1.29 is 4.74 Å². The van der Waals surface area contributed by atoms with Crippen molar-refractivity contribution in [1.82, 2.24) is 15.0 Å². The first-order valence-electron chi connectivity index (χ1n) is 7.07. The number of rotatable bonds is 3. The Kier molecular flexibility index (Phi) is 3.96. The summed E-state index contributed by atoms with van der Waals surface area (Å²) in [4.78, 5) is 15.5. The molecular weight excluding hydrogens is 266 g/mol. The topological polar surface area (TPSA) is 63.2 Å². The summed E-state index contributed by atoms with van der Waals surface area (Å²) in [7, 11) is 1.84. The van der Waals surface area contributed by atoms with E-state index in [0.29, 0.717) is 6.61 Å². The van der Waals surface area contributed by atoms with Gasteiger partial charge < -0.3 is 15.0 Å². The molecule has 1 aliphatic rings. The first-order chi connectivity index (χ1) is 10.3. The van der Waals surface area contributed by atoms with Gasteiger partial charge in [-0.3, -0.25) is 4.98 Å². The maximum Gasteiger partial charge on any atom is 0.150 e. The van der Waals surface area contributed by atoms with Crippen LogP contribution in [-0.4, -0.2) is 41.7 Å². The minimum absolute atomic E-state index is 0.0998. The maximum absolute atomic E-state index is 5.88. The van der Waals surface area contributed by atoms with E-state index in [9.17, 15) is 0 Å². The Hall–Kier alpha value is -2.21. The van der Waals surface area contributed by atoms with Gasteiger partial charge in [-0.25, -0.2) is 9.97 Å². The van der Waals surface area contributed by atoms with Crippen molar-refractivity contribution in [2.45, 2.75) is 13.0 Å². The van der Waals surface area contributed by atoms with E-state index in [1.165, 1.54) is 0 Å². The lowest BCUT2D eigenvalue weighted by atomic mass is 10.2. The third kappa shape index (κ3) is 2.95. The van der Waals surface area contributed by atoms with E-state index in [4.69, 9.17) is 4.74 Å². The number of anilines is 2. The van der Waals surface area contributed by atoms with E-state index in [2.05, 4.69) is 25.2 Å². The van der Waals surface area contributed by atoms with E-state index in [1.54, 1.807) is 12.4 Å². The zero-order valence-electron chi connectivity index (χ0n) is 12.3. The van der Waals surface area contributed by atoms with Crippen LogP contribution in [0.4, 0.5) is 11.6 Å². The molecule has 0 radical (unpaired) electrons. The number of morpholine rings is 1. The molecule has 1 fully saturated rings. The van der Waals surface area contributed by atoms with E-state index in [-0.39, 0.29) is 6.10 Å². The number of hydrogen-bond acceptors (Lipinski definition) is 6. The molecule has 6 nitrogen and oxygen atoms in total. The SMILES string of the molecule is CNc1nccnc1C1CN(c2cccc(C)n2)CCO1. The van der Waals surface area contributed by atoms with Crippen molar-refractivity contribution >= 4 is 11.6 Å². The molecule has 21 heavy (non-hydrogen) atoms. The molecular formula is C15H19N5O. The second kappa shape index (κ2) is 6.05. The molecule has 1 saturated heterocycles. The van der Waals surface area contributed by atoms with Crippen molar-refractivity contribution in [2.75, 3.05) is 37.0 Å². The van der Waals surface area contributed by atoms with Crippen LogP contribution in [0.5, 0.6) is 0 Å². The number of nitrogens with zero attached hydrogens (tertiary/aromatic N) is 4. The third-order valence-electron chi connectivity index (χ3n) is 3.53. The van der Waals surface area contributed by atoms with Gasteiger partial charge >= 0.3 is 0 Å². The highest BCUT2D eigenvalue weighted by Gasteiger charge is 2.26. The Bertz CT molecular complexity index is 619. The quantitative estimate of drug-likeness (QED) is 0.928. The van der Waals surface area contributed by atoms with Crippen LogP contribution in [0.25, 0.3) is 0 Å². The van der Waals surface area contributed by atoms with Crippen molar-refractivity contribution in [3.8, 4) is 0 Å². The van der Waals surface area contributed by atoms with Crippen LogP contribution in [0.2, 0.25) is 0 Å². The lowest BCUT2D eigenvalue weighted by Gasteiger charge is -2.33. The zero-order valence-corrected chi connectivity index (χ0v) is 12.3. The van der Waals surface area contributed by atoms with Gasteiger partial charge in [0.2, 0.25) is 0 Å². The van der Waals surface area contributed by atoms with Gasteiger partial charge in [0.15, 0.2) is 0 Å². The van der Waals surface area contributed by atoms with Crippen molar-refractivity contribution in [3.05, 3.63) is 42.0 Å². The first kappa shape index (κ1) is 13.8. The number of nitrogens with one attached hydrogen (secondary N) is 1. The molecule has 1 atom stereocenters. The van der Waals surface area contributed by atoms with Crippen molar-refractivity contribution in [1.29, 1.82) is 0 Å². The molecule has 110 valence electrons. The summed E-state index contributed by atoms with van der Waals surface area (Å²) in [6, 6.07) is 6.07. The average Bonchev–Trinajstić information content (AvgIpc) is 2.55. The highest BCUT2D eigenvalue weighted by atomic mass is 16.5. The van der Waals surface area contributed by atoms with E-state index in [0.717, 1.165) is 36.1 Å². The molecule has 0 saturated carbocycles. The lowest BCUT2D eigenvalue weighted by Crippen LogP contribution is -2.39. The Morgan fingerprint density at radius 1 is 1.29 bits per heavy atom. The summed E-state index contributed by atoms with van der Waals surface area (Å²) in [5, 5.41) is 3.07. The number of hydrogen-bond donors (Lipinski definition) is 1. The summed E-state index contributed by atoms with van der Waals surface area (Å²) in [5.41, 5.74) is 1.86. The molecule has 1 aliphatic heterocycles. The molecule has 0 spiro atoms. The lowest BCUT2D eigenvalue weighted by molar-refractivity contribution is 0.0370. The Balaban J connectivity index is 1.83. The number of pyridine rings is 1. The number of aryl methyl sites for hydroxylation is 1. The van der Waals surface area contributed by atoms with Gasteiger partial charge in [0.1, 0.15) is 23.4 Å². The summed E-state index contributed by atoms with van der Waals surface area (Å²) in [6.07, 6.45) is 3.28. The van der Waals surface area contributed by atoms with Crippen LogP contribution >= 0.6 is 0 Å². The highest BCUT2D eigenvalue weighted by molar-refractivity contribution is 5.44. The van der Waals surface area contributed by atoms with Crippen LogP contribution in [0.1, 0.15) is 17.5 Å². The van der Waals surface area contributed by atoms with Gasteiger partial charge in [-0.1, -0.05) is 6.07 Å². The van der Waals surface area contributed by atoms with Crippen LogP contribution in [0, 0.1) is 6.92 Å². The number of aromatic nitrogens is 3. The smallest absolute Gasteiger partial charge is 0.150 e. The minimum atomic E-state index is -0.0998. The molecule has 2 aromatic heterocycles. The van der Waals surface area contributed by atoms with E-state index < -0.39 is 0 Å². The maximum atomic E-state index is 5.88. The van der Waals surface area contributed by atoms with Crippen LogP contribution in [-0.2, 0) is 4.74 Å². The summed E-state index contributed by atoms with van der Waals surface area (Å²) in [5.74, 6) is 1.75.